The van der Waals surface area contributed by atoms with Crippen LogP contribution in [0.3, 0.4) is 0 Å². The molecule has 0 radical (unpaired) electrons. The van der Waals surface area contributed by atoms with Crippen LogP contribution in [0.25, 0.3) is 0 Å². The van der Waals surface area contributed by atoms with Crippen molar-refractivity contribution in [3.05, 3.63) is 47.5 Å². The molecule has 1 heterocycles. The van der Waals surface area contributed by atoms with Crippen LogP contribution in [-0.4, -0.2) is 28.6 Å². The Balaban J connectivity index is 1.56. The summed E-state index contributed by atoms with van der Waals surface area (Å²) < 4.78 is 8.46. The largest absolute Gasteiger partial charge is 0.492 e. The second-order valence-corrected chi connectivity index (χ2v) is 5.39. The standard InChI is InChI=1S/C15H18BrN3O2/c16-13-4-1-2-5-14(13)21-11-3-6-15(20)18-8-10-19-9-7-17-12-19/h1-2,4-5,7,9,12H,3,6,8,10-11H2,(H,18,20). The molecule has 0 aliphatic carbocycles. The van der Waals surface area contributed by atoms with E-state index < -0.39 is 0 Å². The number of carbonyl (C=O) groups is 1. The van der Waals surface area contributed by atoms with Crippen molar-refractivity contribution in [1.82, 2.24) is 14.9 Å². The molecule has 21 heavy (non-hydrogen) atoms. The van der Waals surface area contributed by atoms with E-state index in [1.165, 1.54) is 0 Å². The Morgan fingerprint density at radius 2 is 2.24 bits per heavy atom. The maximum atomic E-state index is 11.6. The highest BCUT2D eigenvalue weighted by atomic mass is 79.9. The molecule has 1 aromatic carbocycles. The van der Waals surface area contributed by atoms with Crippen molar-refractivity contribution in [2.24, 2.45) is 0 Å². The first-order valence-electron chi connectivity index (χ1n) is 6.85. The highest BCUT2D eigenvalue weighted by Gasteiger charge is 2.02. The lowest BCUT2D eigenvalue weighted by molar-refractivity contribution is -0.121. The Hall–Kier alpha value is -1.82. The number of amides is 1. The average molecular weight is 352 g/mol. The minimum absolute atomic E-state index is 0.0471. The molecule has 0 atom stereocenters. The number of para-hydroxylation sites is 1. The van der Waals surface area contributed by atoms with Crippen LogP contribution >= 0.6 is 15.9 Å². The molecular formula is C15H18BrN3O2. The fraction of sp³-hybridized carbons (Fsp3) is 0.333. The maximum absolute atomic E-state index is 11.6. The van der Waals surface area contributed by atoms with Crippen molar-refractivity contribution in [2.45, 2.75) is 19.4 Å². The maximum Gasteiger partial charge on any atom is 0.220 e. The van der Waals surface area contributed by atoms with Gasteiger partial charge in [-0.2, -0.15) is 0 Å². The van der Waals surface area contributed by atoms with E-state index in [0.717, 1.165) is 16.8 Å². The molecular weight excluding hydrogens is 334 g/mol. The number of carbonyl (C=O) groups excluding carboxylic acids is 1. The van der Waals surface area contributed by atoms with Gasteiger partial charge in [-0.3, -0.25) is 4.79 Å². The van der Waals surface area contributed by atoms with Crippen molar-refractivity contribution >= 4 is 21.8 Å². The van der Waals surface area contributed by atoms with Crippen LogP contribution in [-0.2, 0) is 11.3 Å². The summed E-state index contributed by atoms with van der Waals surface area (Å²) in [5, 5.41) is 2.88. The molecule has 112 valence electrons. The van der Waals surface area contributed by atoms with E-state index in [4.69, 9.17) is 4.74 Å². The predicted octanol–water partition coefficient (Wildman–Crippen LogP) is 2.62. The fourth-order valence-electron chi connectivity index (χ4n) is 1.81. The molecule has 0 saturated carbocycles. The van der Waals surface area contributed by atoms with Crippen LogP contribution in [0, 0.1) is 0 Å². The van der Waals surface area contributed by atoms with E-state index in [-0.39, 0.29) is 5.91 Å². The van der Waals surface area contributed by atoms with E-state index in [1.807, 2.05) is 35.0 Å². The first-order chi connectivity index (χ1) is 10.3. The van der Waals surface area contributed by atoms with Gasteiger partial charge in [0.15, 0.2) is 0 Å². The Bertz CT molecular complexity index is 558. The molecule has 2 rings (SSSR count). The molecule has 0 bridgehead atoms. The number of nitrogens with one attached hydrogen (secondary N) is 1. The number of benzene rings is 1. The molecule has 0 spiro atoms. The van der Waals surface area contributed by atoms with Crippen molar-refractivity contribution in [3.63, 3.8) is 0 Å². The predicted molar refractivity (Wildman–Crippen MR) is 84.1 cm³/mol. The second-order valence-electron chi connectivity index (χ2n) is 4.53. The number of halogens is 1. The number of imidazole rings is 1. The van der Waals surface area contributed by atoms with E-state index in [0.29, 0.717) is 26.0 Å². The topological polar surface area (TPSA) is 56.1 Å². The molecule has 0 aliphatic heterocycles. The zero-order valence-corrected chi connectivity index (χ0v) is 13.3. The number of rotatable bonds is 8. The molecule has 1 N–H and O–H groups in total. The fourth-order valence-corrected chi connectivity index (χ4v) is 2.21. The average Bonchev–Trinajstić information content (AvgIpc) is 2.98. The Kier molecular flexibility index (Phi) is 6.27. The van der Waals surface area contributed by atoms with Gasteiger partial charge in [-0.15, -0.1) is 0 Å². The quantitative estimate of drug-likeness (QED) is 0.743. The van der Waals surface area contributed by atoms with Gasteiger partial charge in [0.2, 0.25) is 5.91 Å². The normalized spacial score (nSPS) is 10.3. The third-order valence-corrected chi connectivity index (χ3v) is 3.55. The van der Waals surface area contributed by atoms with Crippen molar-refractivity contribution in [3.8, 4) is 5.75 Å². The molecule has 0 fully saturated rings. The third kappa shape index (κ3) is 5.59. The first kappa shape index (κ1) is 15.6. The lowest BCUT2D eigenvalue weighted by Crippen LogP contribution is -2.27. The van der Waals surface area contributed by atoms with Crippen LogP contribution in [0.5, 0.6) is 5.75 Å². The van der Waals surface area contributed by atoms with Crippen LogP contribution in [0.2, 0.25) is 0 Å². The second kappa shape index (κ2) is 8.46. The Labute approximate surface area is 132 Å². The van der Waals surface area contributed by atoms with Gasteiger partial charge >= 0.3 is 0 Å². The van der Waals surface area contributed by atoms with Crippen molar-refractivity contribution in [2.75, 3.05) is 13.2 Å². The summed E-state index contributed by atoms with van der Waals surface area (Å²) in [6, 6.07) is 7.68. The van der Waals surface area contributed by atoms with Gasteiger partial charge in [0.05, 0.1) is 17.4 Å². The van der Waals surface area contributed by atoms with Gasteiger partial charge in [-0.25, -0.2) is 4.98 Å². The number of aromatic nitrogens is 2. The molecule has 0 saturated heterocycles. The van der Waals surface area contributed by atoms with Gasteiger partial charge in [-0.1, -0.05) is 12.1 Å². The Morgan fingerprint density at radius 3 is 3.00 bits per heavy atom. The molecule has 0 aliphatic rings. The lowest BCUT2D eigenvalue weighted by Gasteiger charge is -2.08. The smallest absolute Gasteiger partial charge is 0.220 e. The van der Waals surface area contributed by atoms with Gasteiger partial charge in [-0.05, 0) is 34.5 Å². The van der Waals surface area contributed by atoms with Crippen LogP contribution in [0.4, 0.5) is 0 Å². The summed E-state index contributed by atoms with van der Waals surface area (Å²) in [6.07, 6.45) is 6.49. The number of nitrogens with zero attached hydrogens (tertiary/aromatic N) is 2. The van der Waals surface area contributed by atoms with Crippen LogP contribution in [0.1, 0.15) is 12.8 Å². The number of ether oxygens (including phenoxy) is 1. The van der Waals surface area contributed by atoms with Gasteiger partial charge in [0, 0.05) is 31.9 Å². The van der Waals surface area contributed by atoms with Crippen molar-refractivity contribution < 1.29 is 9.53 Å². The molecule has 2 aromatic rings. The summed E-state index contributed by atoms with van der Waals surface area (Å²) in [4.78, 5) is 15.6. The van der Waals surface area contributed by atoms with Gasteiger partial charge in [0.1, 0.15) is 5.75 Å². The Morgan fingerprint density at radius 1 is 1.38 bits per heavy atom. The highest BCUT2D eigenvalue weighted by molar-refractivity contribution is 9.10. The lowest BCUT2D eigenvalue weighted by atomic mass is 10.3. The first-order valence-corrected chi connectivity index (χ1v) is 7.65. The van der Waals surface area contributed by atoms with E-state index >= 15 is 0 Å². The number of hydrogen-bond acceptors (Lipinski definition) is 3. The van der Waals surface area contributed by atoms with Gasteiger partial charge < -0.3 is 14.6 Å². The molecule has 6 heteroatoms. The highest BCUT2D eigenvalue weighted by Crippen LogP contribution is 2.23. The number of hydrogen-bond donors (Lipinski definition) is 1. The summed E-state index contributed by atoms with van der Waals surface area (Å²) >= 11 is 3.42. The molecule has 5 nitrogen and oxygen atoms in total. The van der Waals surface area contributed by atoms with Crippen LogP contribution < -0.4 is 10.1 Å². The zero-order chi connectivity index (χ0) is 14.9. The summed E-state index contributed by atoms with van der Waals surface area (Å²) in [7, 11) is 0. The summed E-state index contributed by atoms with van der Waals surface area (Å²) in [5.41, 5.74) is 0. The van der Waals surface area contributed by atoms with Gasteiger partial charge in [0.25, 0.3) is 0 Å². The molecule has 1 aromatic heterocycles. The van der Waals surface area contributed by atoms with E-state index in [2.05, 4.69) is 26.2 Å². The third-order valence-electron chi connectivity index (χ3n) is 2.89. The summed E-state index contributed by atoms with van der Waals surface area (Å²) in [6.45, 7) is 1.87. The zero-order valence-electron chi connectivity index (χ0n) is 11.7. The monoisotopic (exact) mass is 351 g/mol. The van der Waals surface area contributed by atoms with Crippen LogP contribution in [0.15, 0.2) is 47.5 Å². The van der Waals surface area contributed by atoms with Crippen molar-refractivity contribution in [1.29, 1.82) is 0 Å². The van der Waals surface area contributed by atoms with E-state index in [9.17, 15) is 4.79 Å². The molecule has 0 unspecified atom stereocenters. The molecule has 1 amide bonds. The summed E-state index contributed by atoms with van der Waals surface area (Å²) in [5.74, 6) is 0.851. The SMILES string of the molecule is O=C(CCCOc1ccccc1Br)NCCn1ccnc1. The minimum atomic E-state index is 0.0471. The van der Waals surface area contributed by atoms with E-state index in [1.54, 1.807) is 12.5 Å². The minimum Gasteiger partial charge on any atom is -0.492 e.